The molecule has 3 rings (SSSR count). The quantitative estimate of drug-likeness (QED) is 0.886. The number of piperidine rings is 2. The number of quaternary nitrogens is 1. The predicted octanol–water partition coefficient (Wildman–Crippen LogP) is 1.45. The molecule has 23 heavy (non-hydrogen) atoms. The van der Waals surface area contributed by atoms with Crippen LogP contribution in [0, 0.1) is 11.8 Å². The summed E-state index contributed by atoms with van der Waals surface area (Å²) in [6, 6.07) is 7.58. The molecule has 0 bridgehead atoms. The Morgan fingerprint density at radius 3 is 2.48 bits per heavy atom. The number of amides is 1. The molecule has 2 saturated heterocycles. The van der Waals surface area contributed by atoms with E-state index in [1.807, 2.05) is 18.2 Å². The van der Waals surface area contributed by atoms with Crippen molar-refractivity contribution in [3.8, 4) is 5.75 Å². The van der Waals surface area contributed by atoms with Crippen molar-refractivity contribution in [3.05, 3.63) is 29.8 Å². The number of phenolic OH excluding ortho intramolecular Hbond substituents is 1. The number of para-hydroxylation sites is 1. The zero-order chi connectivity index (χ0) is 16.2. The summed E-state index contributed by atoms with van der Waals surface area (Å²) in [4.78, 5) is 16.2. The Morgan fingerprint density at radius 1 is 1.17 bits per heavy atom. The lowest BCUT2D eigenvalue weighted by molar-refractivity contribution is -0.919. The molecule has 0 aliphatic carbocycles. The van der Waals surface area contributed by atoms with Gasteiger partial charge in [0.25, 0.3) is 0 Å². The maximum atomic E-state index is 12.7. The van der Waals surface area contributed by atoms with Gasteiger partial charge in [0.1, 0.15) is 12.3 Å². The molecule has 0 spiro atoms. The second kappa shape index (κ2) is 7.35. The third-order valence-electron chi connectivity index (χ3n) is 5.57. The standard InChI is InChI=1S/C19H28N2O2/c1-15-6-12-21(13-7-15)19(23)16-8-10-20(11-9-16)14-17-4-2-3-5-18(17)22/h2-5,15-16,22H,6-14H2,1H3/p+1. The minimum absolute atomic E-state index is 0.219. The van der Waals surface area contributed by atoms with Gasteiger partial charge in [-0.25, -0.2) is 0 Å². The van der Waals surface area contributed by atoms with Crippen LogP contribution in [-0.2, 0) is 11.3 Å². The fraction of sp³-hybridized carbons (Fsp3) is 0.632. The van der Waals surface area contributed by atoms with Crippen molar-refractivity contribution >= 4 is 5.91 Å². The van der Waals surface area contributed by atoms with E-state index in [0.717, 1.165) is 69.9 Å². The van der Waals surface area contributed by atoms with Crippen molar-refractivity contribution in [2.75, 3.05) is 26.2 Å². The highest BCUT2D eigenvalue weighted by atomic mass is 16.3. The number of hydrogen-bond acceptors (Lipinski definition) is 2. The highest BCUT2D eigenvalue weighted by molar-refractivity contribution is 5.79. The van der Waals surface area contributed by atoms with E-state index >= 15 is 0 Å². The van der Waals surface area contributed by atoms with Gasteiger partial charge in [0.2, 0.25) is 5.91 Å². The summed E-state index contributed by atoms with van der Waals surface area (Å²) < 4.78 is 0. The Balaban J connectivity index is 1.48. The normalized spacial score (nSPS) is 26.2. The number of nitrogens with zero attached hydrogens (tertiary/aromatic N) is 1. The maximum Gasteiger partial charge on any atom is 0.226 e. The number of hydrogen-bond donors (Lipinski definition) is 2. The van der Waals surface area contributed by atoms with Crippen LogP contribution in [0.5, 0.6) is 5.75 Å². The number of carbonyl (C=O) groups excluding carboxylic acids is 1. The van der Waals surface area contributed by atoms with E-state index < -0.39 is 0 Å². The molecule has 126 valence electrons. The molecule has 0 radical (unpaired) electrons. The SMILES string of the molecule is CC1CCN(C(=O)C2CC[NH+](Cc3ccccc3O)CC2)CC1. The molecule has 4 heteroatoms. The highest BCUT2D eigenvalue weighted by Gasteiger charge is 2.31. The van der Waals surface area contributed by atoms with E-state index in [9.17, 15) is 9.90 Å². The van der Waals surface area contributed by atoms with Gasteiger partial charge < -0.3 is 14.9 Å². The molecule has 2 N–H and O–H groups in total. The van der Waals surface area contributed by atoms with Crippen LogP contribution in [0.25, 0.3) is 0 Å². The summed E-state index contributed by atoms with van der Waals surface area (Å²) in [5, 5.41) is 9.90. The zero-order valence-electron chi connectivity index (χ0n) is 14.1. The summed E-state index contributed by atoms with van der Waals surface area (Å²) in [6.07, 6.45) is 4.27. The summed E-state index contributed by atoms with van der Waals surface area (Å²) >= 11 is 0. The van der Waals surface area contributed by atoms with E-state index in [1.165, 1.54) is 4.90 Å². The van der Waals surface area contributed by atoms with Crippen LogP contribution in [-0.4, -0.2) is 42.1 Å². The number of benzene rings is 1. The number of aromatic hydroxyl groups is 1. The van der Waals surface area contributed by atoms with Gasteiger partial charge in [0, 0.05) is 37.4 Å². The Kier molecular flexibility index (Phi) is 5.21. The van der Waals surface area contributed by atoms with Gasteiger partial charge in [-0.2, -0.15) is 0 Å². The molecular weight excluding hydrogens is 288 g/mol. The molecule has 2 aliphatic rings. The van der Waals surface area contributed by atoms with Crippen molar-refractivity contribution < 1.29 is 14.8 Å². The lowest BCUT2D eigenvalue weighted by Crippen LogP contribution is -3.11. The fourth-order valence-electron chi connectivity index (χ4n) is 3.87. The van der Waals surface area contributed by atoms with Crippen molar-refractivity contribution in [1.29, 1.82) is 0 Å². The Labute approximate surface area is 139 Å². The molecule has 1 aromatic carbocycles. The predicted molar refractivity (Wildman–Crippen MR) is 90.2 cm³/mol. The summed E-state index contributed by atoms with van der Waals surface area (Å²) in [7, 11) is 0. The van der Waals surface area contributed by atoms with Crippen molar-refractivity contribution in [3.63, 3.8) is 0 Å². The van der Waals surface area contributed by atoms with Gasteiger partial charge in [-0.15, -0.1) is 0 Å². The van der Waals surface area contributed by atoms with Gasteiger partial charge in [-0.3, -0.25) is 4.79 Å². The van der Waals surface area contributed by atoms with Gasteiger partial charge in [0.15, 0.2) is 0 Å². The molecule has 0 unspecified atom stereocenters. The van der Waals surface area contributed by atoms with Gasteiger partial charge in [-0.1, -0.05) is 19.1 Å². The fourth-order valence-corrected chi connectivity index (χ4v) is 3.87. The van der Waals surface area contributed by atoms with E-state index in [4.69, 9.17) is 0 Å². The van der Waals surface area contributed by atoms with Crippen LogP contribution in [0.1, 0.15) is 38.2 Å². The smallest absolute Gasteiger partial charge is 0.226 e. The number of rotatable bonds is 3. The summed E-state index contributed by atoms with van der Waals surface area (Å²) in [6.45, 7) is 7.08. The summed E-state index contributed by atoms with van der Waals surface area (Å²) in [5.41, 5.74) is 1.01. The third-order valence-corrected chi connectivity index (χ3v) is 5.57. The molecule has 2 aliphatic heterocycles. The second-order valence-electron chi connectivity index (χ2n) is 7.34. The van der Waals surface area contributed by atoms with E-state index in [0.29, 0.717) is 11.7 Å². The molecule has 0 aromatic heterocycles. The molecule has 0 atom stereocenters. The van der Waals surface area contributed by atoms with Gasteiger partial charge >= 0.3 is 0 Å². The number of likely N-dealkylation sites (tertiary alicyclic amines) is 2. The van der Waals surface area contributed by atoms with Crippen molar-refractivity contribution in [1.82, 2.24) is 4.90 Å². The topological polar surface area (TPSA) is 45.0 Å². The first kappa shape index (κ1) is 16.3. The molecule has 1 amide bonds. The lowest BCUT2D eigenvalue weighted by Gasteiger charge is -2.35. The number of carbonyl (C=O) groups is 1. The first-order valence-electron chi connectivity index (χ1n) is 9.02. The molecule has 1 aromatic rings. The largest absolute Gasteiger partial charge is 0.507 e. The number of nitrogens with one attached hydrogen (secondary N) is 1. The third kappa shape index (κ3) is 4.05. The molecule has 2 fully saturated rings. The zero-order valence-corrected chi connectivity index (χ0v) is 14.1. The monoisotopic (exact) mass is 317 g/mol. The molecule has 0 saturated carbocycles. The Morgan fingerprint density at radius 2 is 1.83 bits per heavy atom. The maximum absolute atomic E-state index is 12.7. The first-order chi connectivity index (χ1) is 11.1. The van der Waals surface area contributed by atoms with Crippen LogP contribution in [0.15, 0.2) is 24.3 Å². The van der Waals surface area contributed by atoms with Crippen molar-refractivity contribution in [2.45, 2.75) is 39.2 Å². The van der Waals surface area contributed by atoms with Gasteiger partial charge in [-0.05, 0) is 30.9 Å². The summed E-state index contributed by atoms with van der Waals surface area (Å²) in [5.74, 6) is 1.76. The second-order valence-corrected chi connectivity index (χ2v) is 7.34. The van der Waals surface area contributed by atoms with Crippen LogP contribution >= 0.6 is 0 Å². The van der Waals surface area contributed by atoms with Crippen LogP contribution in [0.3, 0.4) is 0 Å². The first-order valence-corrected chi connectivity index (χ1v) is 9.02. The van der Waals surface area contributed by atoms with E-state index in [1.54, 1.807) is 6.07 Å². The minimum atomic E-state index is 0.219. The van der Waals surface area contributed by atoms with E-state index in [-0.39, 0.29) is 5.92 Å². The molecule has 2 heterocycles. The van der Waals surface area contributed by atoms with Crippen LogP contribution in [0.4, 0.5) is 0 Å². The van der Waals surface area contributed by atoms with Gasteiger partial charge in [0.05, 0.1) is 13.1 Å². The molecular formula is C19H29N2O2+. The minimum Gasteiger partial charge on any atom is -0.507 e. The van der Waals surface area contributed by atoms with Crippen molar-refractivity contribution in [2.24, 2.45) is 11.8 Å². The van der Waals surface area contributed by atoms with E-state index in [2.05, 4.69) is 11.8 Å². The Bertz CT molecular complexity index is 530. The average molecular weight is 317 g/mol. The van der Waals surface area contributed by atoms with Crippen LogP contribution < -0.4 is 4.90 Å². The molecule has 4 nitrogen and oxygen atoms in total. The highest BCUT2D eigenvalue weighted by Crippen LogP contribution is 2.21. The number of phenols is 1. The lowest BCUT2D eigenvalue weighted by atomic mass is 9.92. The average Bonchev–Trinajstić information content (AvgIpc) is 2.58. The van der Waals surface area contributed by atoms with Crippen LogP contribution in [0.2, 0.25) is 0 Å². The Hall–Kier alpha value is -1.55.